The fourth-order valence-corrected chi connectivity index (χ4v) is 2.82. The molecule has 0 aromatic heterocycles. The van der Waals surface area contributed by atoms with Crippen LogP contribution in [-0.4, -0.2) is 26.2 Å². The maximum Gasteiger partial charge on any atom is 0.142 e. The second kappa shape index (κ2) is 6.10. The molecule has 2 atom stereocenters. The van der Waals surface area contributed by atoms with Gasteiger partial charge in [-0.25, -0.2) is 0 Å². The van der Waals surface area contributed by atoms with Crippen molar-refractivity contribution in [3.63, 3.8) is 0 Å². The van der Waals surface area contributed by atoms with Crippen molar-refractivity contribution >= 4 is 5.69 Å². The summed E-state index contributed by atoms with van der Waals surface area (Å²) in [5.74, 6) is 1.58. The molecule has 1 saturated heterocycles. The smallest absolute Gasteiger partial charge is 0.142 e. The molecule has 0 aliphatic carbocycles. The first-order valence-corrected chi connectivity index (χ1v) is 6.89. The van der Waals surface area contributed by atoms with Crippen molar-refractivity contribution < 1.29 is 4.74 Å². The molecule has 0 spiro atoms. The maximum absolute atomic E-state index is 6.24. The molecule has 1 aliphatic rings. The van der Waals surface area contributed by atoms with E-state index in [4.69, 9.17) is 10.5 Å². The van der Waals surface area contributed by atoms with Crippen molar-refractivity contribution in [1.29, 1.82) is 0 Å². The second-order valence-electron chi connectivity index (χ2n) is 5.12. The van der Waals surface area contributed by atoms with Crippen molar-refractivity contribution in [3.8, 4) is 5.75 Å². The Morgan fingerprint density at radius 3 is 2.94 bits per heavy atom. The van der Waals surface area contributed by atoms with Gasteiger partial charge in [0.1, 0.15) is 5.75 Å². The quantitative estimate of drug-likeness (QED) is 0.870. The molecular formula is C15H24N2O. The Labute approximate surface area is 110 Å². The minimum atomic E-state index is 0.342. The van der Waals surface area contributed by atoms with E-state index in [0.717, 1.165) is 25.3 Å². The number of para-hydroxylation sites is 2. The molecule has 0 radical (unpaired) electrons. The normalized spacial score (nSPS) is 21.1. The third-order valence-corrected chi connectivity index (χ3v) is 3.88. The minimum absolute atomic E-state index is 0.342. The van der Waals surface area contributed by atoms with Crippen LogP contribution in [0.15, 0.2) is 24.3 Å². The predicted octanol–water partition coefficient (Wildman–Crippen LogP) is 2.65. The van der Waals surface area contributed by atoms with Crippen LogP contribution >= 0.6 is 0 Å². The Bertz CT molecular complexity index is 381. The Hall–Kier alpha value is -1.22. The first-order chi connectivity index (χ1) is 8.76. The number of rotatable bonds is 5. The SMILES string of the molecule is CCCC(N)C1CCN(c2ccccc2OC)C1. The molecular weight excluding hydrogens is 224 g/mol. The van der Waals surface area contributed by atoms with Crippen LogP contribution in [0.4, 0.5) is 5.69 Å². The third-order valence-electron chi connectivity index (χ3n) is 3.88. The van der Waals surface area contributed by atoms with Crippen molar-refractivity contribution in [3.05, 3.63) is 24.3 Å². The van der Waals surface area contributed by atoms with E-state index in [0.29, 0.717) is 12.0 Å². The summed E-state index contributed by atoms with van der Waals surface area (Å²) in [5.41, 5.74) is 7.44. The summed E-state index contributed by atoms with van der Waals surface area (Å²) < 4.78 is 5.43. The maximum atomic E-state index is 6.24. The zero-order chi connectivity index (χ0) is 13.0. The van der Waals surface area contributed by atoms with E-state index in [1.807, 2.05) is 12.1 Å². The number of anilines is 1. The molecule has 3 nitrogen and oxygen atoms in total. The molecule has 1 aromatic rings. The minimum Gasteiger partial charge on any atom is -0.495 e. The molecule has 2 rings (SSSR count). The summed E-state index contributed by atoms with van der Waals surface area (Å²) in [7, 11) is 1.73. The standard InChI is InChI=1S/C15H24N2O/c1-3-6-13(16)12-9-10-17(11-12)14-7-4-5-8-15(14)18-2/h4-5,7-8,12-13H,3,6,9-11,16H2,1-2H3. The highest BCUT2D eigenvalue weighted by atomic mass is 16.5. The van der Waals surface area contributed by atoms with E-state index in [1.165, 1.54) is 18.5 Å². The summed E-state index contributed by atoms with van der Waals surface area (Å²) in [4.78, 5) is 2.40. The van der Waals surface area contributed by atoms with Gasteiger partial charge in [0.25, 0.3) is 0 Å². The summed E-state index contributed by atoms with van der Waals surface area (Å²) >= 11 is 0. The molecule has 3 heteroatoms. The van der Waals surface area contributed by atoms with Gasteiger partial charge < -0.3 is 15.4 Å². The number of benzene rings is 1. The Morgan fingerprint density at radius 2 is 2.22 bits per heavy atom. The van der Waals surface area contributed by atoms with Gasteiger partial charge in [-0.2, -0.15) is 0 Å². The molecule has 1 aliphatic heterocycles. The monoisotopic (exact) mass is 248 g/mol. The van der Waals surface area contributed by atoms with Crippen LogP contribution in [0.2, 0.25) is 0 Å². The highest BCUT2D eigenvalue weighted by Gasteiger charge is 2.28. The number of nitrogens with two attached hydrogens (primary N) is 1. The van der Waals surface area contributed by atoms with Crippen molar-refractivity contribution in [2.45, 2.75) is 32.2 Å². The molecule has 1 aromatic carbocycles. The van der Waals surface area contributed by atoms with Gasteiger partial charge in [0.2, 0.25) is 0 Å². The molecule has 2 N–H and O–H groups in total. The Morgan fingerprint density at radius 1 is 1.44 bits per heavy atom. The van der Waals surface area contributed by atoms with Gasteiger partial charge in [-0.05, 0) is 30.9 Å². The highest BCUT2D eigenvalue weighted by Crippen LogP contribution is 2.32. The molecule has 1 fully saturated rings. The molecule has 100 valence electrons. The average molecular weight is 248 g/mol. The van der Waals surface area contributed by atoms with Crippen LogP contribution < -0.4 is 15.4 Å². The molecule has 0 amide bonds. The highest BCUT2D eigenvalue weighted by molar-refractivity contribution is 5.59. The Kier molecular flexibility index (Phi) is 4.48. The van der Waals surface area contributed by atoms with Crippen LogP contribution in [-0.2, 0) is 0 Å². The number of nitrogens with zero attached hydrogens (tertiary/aromatic N) is 1. The van der Waals surface area contributed by atoms with Crippen LogP contribution in [0.1, 0.15) is 26.2 Å². The van der Waals surface area contributed by atoms with E-state index >= 15 is 0 Å². The Balaban J connectivity index is 2.04. The summed E-state index contributed by atoms with van der Waals surface area (Å²) in [5, 5.41) is 0. The predicted molar refractivity (Wildman–Crippen MR) is 76.2 cm³/mol. The second-order valence-corrected chi connectivity index (χ2v) is 5.12. The molecule has 0 bridgehead atoms. The third kappa shape index (κ3) is 2.78. The number of methoxy groups -OCH3 is 1. The van der Waals surface area contributed by atoms with Crippen molar-refractivity contribution in [1.82, 2.24) is 0 Å². The number of hydrogen-bond acceptors (Lipinski definition) is 3. The lowest BCUT2D eigenvalue weighted by Crippen LogP contribution is -2.32. The molecule has 0 saturated carbocycles. The van der Waals surface area contributed by atoms with Crippen LogP contribution in [0.25, 0.3) is 0 Å². The van der Waals surface area contributed by atoms with Gasteiger partial charge in [0.05, 0.1) is 12.8 Å². The topological polar surface area (TPSA) is 38.5 Å². The molecule has 18 heavy (non-hydrogen) atoms. The van der Waals surface area contributed by atoms with E-state index in [1.54, 1.807) is 7.11 Å². The van der Waals surface area contributed by atoms with E-state index in [2.05, 4.69) is 24.0 Å². The zero-order valence-corrected chi connectivity index (χ0v) is 11.4. The first-order valence-electron chi connectivity index (χ1n) is 6.89. The van der Waals surface area contributed by atoms with Gasteiger partial charge in [-0.3, -0.25) is 0 Å². The van der Waals surface area contributed by atoms with Gasteiger partial charge in [-0.1, -0.05) is 25.5 Å². The molecule has 1 heterocycles. The number of hydrogen-bond donors (Lipinski definition) is 1. The summed E-state index contributed by atoms with van der Waals surface area (Å²) in [6.45, 7) is 4.34. The van der Waals surface area contributed by atoms with Gasteiger partial charge >= 0.3 is 0 Å². The van der Waals surface area contributed by atoms with Crippen molar-refractivity contribution in [2.75, 3.05) is 25.1 Å². The fourth-order valence-electron chi connectivity index (χ4n) is 2.82. The van der Waals surface area contributed by atoms with E-state index in [-0.39, 0.29) is 0 Å². The van der Waals surface area contributed by atoms with Gasteiger partial charge in [0.15, 0.2) is 0 Å². The van der Waals surface area contributed by atoms with E-state index in [9.17, 15) is 0 Å². The lowest BCUT2D eigenvalue weighted by Gasteiger charge is -2.23. The van der Waals surface area contributed by atoms with Gasteiger partial charge in [0, 0.05) is 19.1 Å². The van der Waals surface area contributed by atoms with Gasteiger partial charge in [-0.15, -0.1) is 0 Å². The lowest BCUT2D eigenvalue weighted by atomic mass is 9.96. The van der Waals surface area contributed by atoms with Crippen molar-refractivity contribution in [2.24, 2.45) is 11.7 Å². The van der Waals surface area contributed by atoms with Crippen LogP contribution in [0.3, 0.4) is 0 Å². The first kappa shape index (κ1) is 13.2. The summed E-state index contributed by atoms with van der Waals surface area (Å²) in [6, 6.07) is 8.58. The van der Waals surface area contributed by atoms with Crippen LogP contribution in [0.5, 0.6) is 5.75 Å². The van der Waals surface area contributed by atoms with E-state index < -0.39 is 0 Å². The zero-order valence-electron chi connectivity index (χ0n) is 11.4. The number of ether oxygens (including phenoxy) is 1. The molecule has 2 unspecified atom stereocenters. The summed E-state index contributed by atoms with van der Waals surface area (Å²) in [6.07, 6.45) is 3.50. The average Bonchev–Trinajstić information content (AvgIpc) is 2.88. The lowest BCUT2D eigenvalue weighted by molar-refractivity contribution is 0.413. The van der Waals surface area contributed by atoms with Crippen LogP contribution in [0, 0.1) is 5.92 Å². The fraction of sp³-hybridized carbons (Fsp3) is 0.600. The largest absolute Gasteiger partial charge is 0.495 e.